The predicted molar refractivity (Wildman–Crippen MR) is 83.3 cm³/mol. The minimum atomic E-state index is -0.0428. The van der Waals surface area contributed by atoms with Crippen molar-refractivity contribution in [1.29, 1.82) is 0 Å². The van der Waals surface area contributed by atoms with Crippen LogP contribution in [0.5, 0.6) is 5.75 Å². The maximum absolute atomic E-state index is 12.1. The molecular formula is C15H19BrN2O3. The Morgan fingerprint density at radius 3 is 2.33 bits per heavy atom. The lowest BCUT2D eigenvalue weighted by molar-refractivity contribution is -0.137. The van der Waals surface area contributed by atoms with Gasteiger partial charge in [0.25, 0.3) is 5.91 Å². The molecule has 0 bridgehead atoms. The van der Waals surface area contributed by atoms with Gasteiger partial charge < -0.3 is 14.5 Å². The summed E-state index contributed by atoms with van der Waals surface area (Å²) in [7, 11) is 0. The van der Waals surface area contributed by atoms with Gasteiger partial charge in [-0.1, -0.05) is 15.9 Å². The Bertz CT molecular complexity index is 517. The molecule has 1 aromatic rings. The van der Waals surface area contributed by atoms with E-state index in [2.05, 4.69) is 15.9 Å². The minimum absolute atomic E-state index is 0.0294. The Labute approximate surface area is 133 Å². The second-order valence-corrected chi connectivity index (χ2v) is 5.97. The van der Waals surface area contributed by atoms with E-state index < -0.39 is 0 Å². The van der Waals surface area contributed by atoms with Crippen LogP contribution < -0.4 is 4.74 Å². The zero-order chi connectivity index (χ0) is 15.4. The molecule has 5 nitrogen and oxygen atoms in total. The molecule has 1 heterocycles. The number of ether oxygens (including phenoxy) is 1. The first-order valence-corrected chi connectivity index (χ1v) is 7.67. The van der Waals surface area contributed by atoms with Gasteiger partial charge in [0, 0.05) is 30.7 Å². The van der Waals surface area contributed by atoms with Gasteiger partial charge in [-0.2, -0.15) is 0 Å². The van der Waals surface area contributed by atoms with Gasteiger partial charge in [-0.05, 0) is 37.1 Å². The van der Waals surface area contributed by atoms with Crippen LogP contribution in [-0.4, -0.2) is 54.9 Å². The molecule has 0 atom stereocenters. The number of amides is 2. The molecule has 0 aromatic heterocycles. The highest BCUT2D eigenvalue weighted by Gasteiger charge is 2.20. The first-order valence-electron chi connectivity index (χ1n) is 6.88. The highest BCUT2D eigenvalue weighted by Crippen LogP contribution is 2.26. The summed E-state index contributed by atoms with van der Waals surface area (Å²) in [6, 6.07) is 3.82. The fourth-order valence-electron chi connectivity index (χ4n) is 2.30. The number of halogens is 1. The van der Waals surface area contributed by atoms with Crippen molar-refractivity contribution >= 4 is 28.2 Å². The highest BCUT2D eigenvalue weighted by atomic mass is 79.9. The van der Waals surface area contributed by atoms with Gasteiger partial charge in [-0.15, -0.1) is 0 Å². The van der Waals surface area contributed by atoms with Gasteiger partial charge in [0.15, 0.2) is 6.61 Å². The van der Waals surface area contributed by atoms with Crippen molar-refractivity contribution in [1.82, 2.24) is 9.80 Å². The minimum Gasteiger partial charge on any atom is -0.484 e. The number of rotatable bonds is 4. The fraction of sp³-hybridized carbons (Fsp3) is 0.467. The zero-order valence-electron chi connectivity index (χ0n) is 12.3. The zero-order valence-corrected chi connectivity index (χ0v) is 13.9. The lowest BCUT2D eigenvalue weighted by atomic mass is 10.1. The number of carbonyl (C=O) groups excluding carboxylic acids is 2. The molecule has 6 heteroatoms. The second-order valence-electron chi connectivity index (χ2n) is 5.18. The van der Waals surface area contributed by atoms with E-state index in [0.717, 1.165) is 22.0 Å². The standard InChI is InChI=1S/C15H19BrN2O3/c1-11-7-13(8-12(2)15(11)16)21-9-14(20)18-5-3-17(10-19)4-6-18/h7-8,10H,3-6,9H2,1-2H3. The summed E-state index contributed by atoms with van der Waals surface area (Å²) in [6.07, 6.45) is 0.825. The van der Waals surface area contributed by atoms with E-state index in [1.807, 2.05) is 26.0 Å². The Kier molecular flexibility index (Phi) is 5.22. The molecule has 114 valence electrons. The Balaban J connectivity index is 1.88. The maximum Gasteiger partial charge on any atom is 0.260 e. The average molecular weight is 355 g/mol. The summed E-state index contributed by atoms with van der Waals surface area (Å²) >= 11 is 3.50. The predicted octanol–water partition coefficient (Wildman–Crippen LogP) is 1.75. The number of carbonyl (C=O) groups is 2. The SMILES string of the molecule is Cc1cc(OCC(=O)N2CCN(C=O)CC2)cc(C)c1Br. The van der Waals surface area contributed by atoms with E-state index in [4.69, 9.17) is 4.74 Å². The third kappa shape index (κ3) is 3.97. The molecule has 0 saturated carbocycles. The molecule has 1 aliphatic rings. The maximum atomic E-state index is 12.1. The third-order valence-electron chi connectivity index (χ3n) is 3.59. The number of aryl methyl sites for hydroxylation is 2. The van der Waals surface area contributed by atoms with E-state index in [1.54, 1.807) is 9.80 Å². The van der Waals surface area contributed by atoms with Crippen molar-refractivity contribution in [2.24, 2.45) is 0 Å². The van der Waals surface area contributed by atoms with Crippen LogP contribution in [0.15, 0.2) is 16.6 Å². The number of hydrogen-bond donors (Lipinski definition) is 0. The summed E-state index contributed by atoms with van der Waals surface area (Å²) in [6.45, 7) is 6.33. The smallest absolute Gasteiger partial charge is 0.260 e. The molecule has 2 amide bonds. The van der Waals surface area contributed by atoms with Gasteiger partial charge in [0.1, 0.15) is 5.75 Å². The molecule has 1 fully saturated rings. The van der Waals surface area contributed by atoms with Crippen LogP contribution in [-0.2, 0) is 9.59 Å². The average Bonchev–Trinajstić information content (AvgIpc) is 2.50. The summed E-state index contributed by atoms with van der Waals surface area (Å²) in [5.74, 6) is 0.659. The highest BCUT2D eigenvalue weighted by molar-refractivity contribution is 9.10. The van der Waals surface area contributed by atoms with Crippen LogP contribution in [0.2, 0.25) is 0 Å². The molecule has 0 spiro atoms. The molecule has 0 unspecified atom stereocenters. The molecule has 0 radical (unpaired) electrons. The lowest BCUT2D eigenvalue weighted by Gasteiger charge is -2.32. The number of benzene rings is 1. The van der Waals surface area contributed by atoms with E-state index in [9.17, 15) is 9.59 Å². The molecule has 2 rings (SSSR count). The van der Waals surface area contributed by atoms with Crippen LogP contribution in [0.4, 0.5) is 0 Å². The quantitative estimate of drug-likeness (QED) is 0.774. The van der Waals surface area contributed by atoms with Crippen LogP contribution in [0.1, 0.15) is 11.1 Å². The van der Waals surface area contributed by atoms with Crippen molar-refractivity contribution < 1.29 is 14.3 Å². The molecule has 0 N–H and O–H groups in total. The molecular weight excluding hydrogens is 336 g/mol. The molecule has 0 aliphatic carbocycles. The number of nitrogens with zero attached hydrogens (tertiary/aromatic N) is 2. The summed E-state index contributed by atoms with van der Waals surface area (Å²) in [5.41, 5.74) is 2.16. The summed E-state index contributed by atoms with van der Waals surface area (Å²) in [5, 5.41) is 0. The first kappa shape index (κ1) is 15.8. The topological polar surface area (TPSA) is 49.9 Å². The van der Waals surface area contributed by atoms with Gasteiger partial charge >= 0.3 is 0 Å². The molecule has 1 aromatic carbocycles. The second kappa shape index (κ2) is 6.93. The van der Waals surface area contributed by atoms with Gasteiger partial charge in [0.05, 0.1) is 0 Å². The van der Waals surface area contributed by atoms with Crippen LogP contribution in [0.3, 0.4) is 0 Å². The fourth-order valence-corrected chi connectivity index (χ4v) is 2.53. The largest absolute Gasteiger partial charge is 0.484 e. The van der Waals surface area contributed by atoms with E-state index in [-0.39, 0.29) is 12.5 Å². The van der Waals surface area contributed by atoms with Crippen molar-refractivity contribution in [3.05, 3.63) is 27.7 Å². The number of hydrogen-bond acceptors (Lipinski definition) is 3. The van der Waals surface area contributed by atoms with Crippen molar-refractivity contribution in [2.45, 2.75) is 13.8 Å². The molecule has 1 saturated heterocycles. The van der Waals surface area contributed by atoms with Crippen molar-refractivity contribution in [2.75, 3.05) is 32.8 Å². The Morgan fingerprint density at radius 1 is 1.24 bits per heavy atom. The summed E-state index contributed by atoms with van der Waals surface area (Å²) in [4.78, 5) is 26.1. The van der Waals surface area contributed by atoms with Gasteiger partial charge in [-0.25, -0.2) is 0 Å². The van der Waals surface area contributed by atoms with Crippen molar-refractivity contribution in [3.8, 4) is 5.75 Å². The molecule has 21 heavy (non-hydrogen) atoms. The van der Waals surface area contributed by atoms with Gasteiger partial charge in [-0.3, -0.25) is 9.59 Å². The lowest BCUT2D eigenvalue weighted by Crippen LogP contribution is -2.49. The third-order valence-corrected chi connectivity index (χ3v) is 4.84. The van der Waals surface area contributed by atoms with Crippen molar-refractivity contribution in [3.63, 3.8) is 0 Å². The normalized spacial score (nSPS) is 15.0. The Hall–Kier alpha value is -1.56. The first-order chi connectivity index (χ1) is 10.0. The van der Waals surface area contributed by atoms with Crippen LogP contribution >= 0.6 is 15.9 Å². The number of piperazine rings is 1. The van der Waals surface area contributed by atoms with Crippen LogP contribution in [0.25, 0.3) is 0 Å². The van der Waals surface area contributed by atoms with Crippen LogP contribution in [0, 0.1) is 13.8 Å². The van der Waals surface area contributed by atoms with E-state index in [1.165, 1.54) is 0 Å². The monoisotopic (exact) mass is 354 g/mol. The van der Waals surface area contributed by atoms with E-state index in [0.29, 0.717) is 31.9 Å². The summed E-state index contributed by atoms with van der Waals surface area (Å²) < 4.78 is 6.66. The Morgan fingerprint density at radius 2 is 1.81 bits per heavy atom. The molecule has 1 aliphatic heterocycles. The van der Waals surface area contributed by atoms with Gasteiger partial charge in [0.2, 0.25) is 6.41 Å². The van der Waals surface area contributed by atoms with E-state index >= 15 is 0 Å².